The van der Waals surface area contributed by atoms with E-state index in [0.717, 1.165) is 12.8 Å². The number of aliphatic carboxylic acids is 1. The van der Waals surface area contributed by atoms with Crippen LogP contribution in [-0.2, 0) is 9.53 Å². The highest BCUT2D eigenvalue weighted by atomic mass is 16.5. The molecule has 2 amide bonds. The van der Waals surface area contributed by atoms with Gasteiger partial charge < -0.3 is 19.6 Å². The van der Waals surface area contributed by atoms with Crippen LogP contribution in [0.3, 0.4) is 0 Å². The summed E-state index contributed by atoms with van der Waals surface area (Å²) in [7, 11) is 1.57. The molecule has 0 aromatic rings. The van der Waals surface area contributed by atoms with Crippen molar-refractivity contribution in [3.8, 4) is 12.3 Å². The highest BCUT2D eigenvalue weighted by Crippen LogP contribution is 2.35. The first kappa shape index (κ1) is 16.3. The Morgan fingerprint density at radius 3 is 2.60 bits per heavy atom. The van der Waals surface area contributed by atoms with Crippen molar-refractivity contribution in [1.29, 1.82) is 0 Å². The van der Waals surface area contributed by atoms with Gasteiger partial charge in [-0.15, -0.1) is 6.42 Å². The van der Waals surface area contributed by atoms with Crippen molar-refractivity contribution in [3.05, 3.63) is 0 Å². The lowest BCUT2D eigenvalue weighted by molar-refractivity contribution is -0.137. The molecular weight excluding hydrogens is 260 g/mol. The van der Waals surface area contributed by atoms with Gasteiger partial charge in [0.25, 0.3) is 0 Å². The monoisotopic (exact) mass is 282 g/mol. The standard InChI is InChI=1S/C14H22N2O4/c1-4-7-15(10-13(17)18)14(19)16(8-9-20-3)11(2)12-5-6-12/h1,11-12H,5-10H2,2-3H3,(H,17,18). The minimum atomic E-state index is -1.07. The Kier molecular flexibility index (Phi) is 6.32. The van der Waals surface area contributed by atoms with E-state index in [-0.39, 0.29) is 25.2 Å². The van der Waals surface area contributed by atoms with E-state index in [0.29, 0.717) is 19.1 Å². The summed E-state index contributed by atoms with van der Waals surface area (Å²) in [5, 5.41) is 8.87. The predicted molar refractivity (Wildman–Crippen MR) is 74.2 cm³/mol. The molecule has 1 aliphatic rings. The molecule has 1 N–H and O–H groups in total. The first-order valence-electron chi connectivity index (χ1n) is 6.71. The number of methoxy groups -OCH3 is 1. The Morgan fingerprint density at radius 2 is 2.15 bits per heavy atom. The van der Waals surface area contributed by atoms with E-state index in [1.807, 2.05) is 6.92 Å². The third-order valence-electron chi connectivity index (χ3n) is 3.46. The third-order valence-corrected chi connectivity index (χ3v) is 3.46. The molecule has 1 atom stereocenters. The Hall–Kier alpha value is -1.74. The summed E-state index contributed by atoms with van der Waals surface area (Å²) < 4.78 is 5.02. The van der Waals surface area contributed by atoms with Gasteiger partial charge >= 0.3 is 12.0 Å². The summed E-state index contributed by atoms with van der Waals surface area (Å²) in [6.07, 6.45) is 7.42. The Morgan fingerprint density at radius 1 is 1.50 bits per heavy atom. The van der Waals surface area contributed by atoms with E-state index < -0.39 is 5.97 Å². The number of terminal acetylenes is 1. The van der Waals surface area contributed by atoms with Gasteiger partial charge in [-0.3, -0.25) is 4.79 Å². The van der Waals surface area contributed by atoms with Crippen LogP contribution in [0.15, 0.2) is 0 Å². The third kappa shape index (κ3) is 4.74. The summed E-state index contributed by atoms with van der Waals surface area (Å²) in [5.74, 6) is 1.76. The van der Waals surface area contributed by atoms with Crippen molar-refractivity contribution in [2.45, 2.75) is 25.8 Å². The van der Waals surface area contributed by atoms with Crippen LogP contribution in [0, 0.1) is 18.3 Å². The topological polar surface area (TPSA) is 70.1 Å². The number of urea groups is 1. The average molecular weight is 282 g/mol. The summed E-state index contributed by atoms with van der Waals surface area (Å²) in [6.45, 7) is 2.45. The average Bonchev–Trinajstić information content (AvgIpc) is 3.22. The van der Waals surface area contributed by atoms with Gasteiger partial charge in [-0.2, -0.15) is 0 Å². The Bertz CT molecular complexity index is 387. The number of rotatable bonds is 8. The van der Waals surface area contributed by atoms with Gasteiger partial charge in [0.15, 0.2) is 0 Å². The van der Waals surface area contributed by atoms with Crippen LogP contribution in [0.2, 0.25) is 0 Å². The number of carboxylic acids is 1. The zero-order valence-corrected chi connectivity index (χ0v) is 12.0. The highest BCUT2D eigenvalue weighted by molar-refractivity contribution is 5.80. The van der Waals surface area contributed by atoms with Crippen LogP contribution in [0.4, 0.5) is 4.79 Å². The molecule has 112 valence electrons. The van der Waals surface area contributed by atoms with Gasteiger partial charge in [-0.25, -0.2) is 4.79 Å². The van der Waals surface area contributed by atoms with Gasteiger partial charge in [-0.1, -0.05) is 5.92 Å². The SMILES string of the molecule is C#CCN(CC(=O)O)C(=O)N(CCOC)C(C)C1CC1. The van der Waals surface area contributed by atoms with E-state index in [1.54, 1.807) is 12.0 Å². The minimum absolute atomic E-state index is 0.00793. The molecule has 0 radical (unpaired) electrons. The second-order valence-corrected chi connectivity index (χ2v) is 5.00. The van der Waals surface area contributed by atoms with Gasteiger partial charge in [0.2, 0.25) is 0 Å². The normalized spacial score (nSPS) is 15.2. The van der Waals surface area contributed by atoms with Gasteiger partial charge in [-0.05, 0) is 25.7 Å². The first-order valence-corrected chi connectivity index (χ1v) is 6.71. The number of carbonyl (C=O) groups excluding carboxylic acids is 1. The number of carbonyl (C=O) groups is 2. The zero-order chi connectivity index (χ0) is 15.1. The van der Waals surface area contributed by atoms with Crippen molar-refractivity contribution in [1.82, 2.24) is 9.80 Å². The fraction of sp³-hybridized carbons (Fsp3) is 0.714. The molecule has 1 unspecified atom stereocenters. The quantitative estimate of drug-likeness (QED) is 0.671. The second-order valence-electron chi connectivity index (χ2n) is 5.00. The van der Waals surface area contributed by atoms with Crippen LogP contribution < -0.4 is 0 Å². The minimum Gasteiger partial charge on any atom is -0.480 e. The summed E-state index contributed by atoms with van der Waals surface area (Å²) in [5.41, 5.74) is 0. The largest absolute Gasteiger partial charge is 0.480 e. The molecule has 1 aliphatic carbocycles. The lowest BCUT2D eigenvalue weighted by Gasteiger charge is -2.33. The maximum Gasteiger partial charge on any atom is 0.323 e. The predicted octanol–water partition coefficient (Wildman–Crippen LogP) is 0.873. The van der Waals surface area contributed by atoms with Crippen LogP contribution in [-0.4, -0.2) is 66.3 Å². The van der Waals surface area contributed by atoms with E-state index in [9.17, 15) is 9.59 Å². The molecule has 20 heavy (non-hydrogen) atoms. The molecule has 0 saturated heterocycles. The second kappa shape index (κ2) is 7.75. The maximum atomic E-state index is 12.5. The van der Waals surface area contributed by atoms with Crippen LogP contribution >= 0.6 is 0 Å². The lowest BCUT2D eigenvalue weighted by atomic mass is 10.2. The number of hydrogen-bond acceptors (Lipinski definition) is 3. The van der Waals surface area contributed by atoms with E-state index >= 15 is 0 Å². The zero-order valence-electron chi connectivity index (χ0n) is 12.0. The summed E-state index contributed by atoms with van der Waals surface area (Å²) >= 11 is 0. The molecule has 0 aromatic heterocycles. The number of ether oxygens (including phenoxy) is 1. The fourth-order valence-electron chi connectivity index (χ4n) is 2.14. The molecular formula is C14H22N2O4. The van der Waals surface area contributed by atoms with Crippen molar-refractivity contribution in [2.24, 2.45) is 5.92 Å². The van der Waals surface area contributed by atoms with Crippen LogP contribution in [0.25, 0.3) is 0 Å². The molecule has 0 heterocycles. The summed E-state index contributed by atoms with van der Waals surface area (Å²) in [4.78, 5) is 26.2. The lowest BCUT2D eigenvalue weighted by Crippen LogP contribution is -2.50. The van der Waals surface area contributed by atoms with E-state index in [4.69, 9.17) is 16.3 Å². The van der Waals surface area contributed by atoms with Gasteiger partial charge in [0.1, 0.15) is 6.54 Å². The van der Waals surface area contributed by atoms with E-state index in [2.05, 4.69) is 5.92 Å². The maximum absolute atomic E-state index is 12.5. The molecule has 6 nitrogen and oxygen atoms in total. The number of amides is 2. The molecule has 0 aliphatic heterocycles. The fourth-order valence-corrected chi connectivity index (χ4v) is 2.14. The molecule has 1 rings (SSSR count). The summed E-state index contributed by atoms with van der Waals surface area (Å²) in [6, 6.07) is -0.256. The van der Waals surface area contributed by atoms with Crippen molar-refractivity contribution in [3.63, 3.8) is 0 Å². The molecule has 1 saturated carbocycles. The van der Waals surface area contributed by atoms with Crippen molar-refractivity contribution < 1.29 is 19.4 Å². The number of nitrogens with zero attached hydrogens (tertiary/aromatic N) is 2. The smallest absolute Gasteiger partial charge is 0.323 e. The Balaban J connectivity index is 2.76. The molecule has 6 heteroatoms. The Labute approximate surface area is 119 Å². The molecule has 0 aromatic carbocycles. The van der Waals surface area contributed by atoms with Gasteiger partial charge in [0, 0.05) is 19.7 Å². The van der Waals surface area contributed by atoms with E-state index in [1.165, 1.54) is 4.90 Å². The van der Waals surface area contributed by atoms with Crippen molar-refractivity contribution >= 4 is 12.0 Å². The van der Waals surface area contributed by atoms with Crippen LogP contribution in [0.5, 0.6) is 0 Å². The van der Waals surface area contributed by atoms with Crippen molar-refractivity contribution in [2.75, 3.05) is 33.4 Å². The van der Waals surface area contributed by atoms with Crippen LogP contribution in [0.1, 0.15) is 19.8 Å². The molecule has 0 bridgehead atoms. The first-order chi connectivity index (χ1) is 9.51. The highest BCUT2D eigenvalue weighted by Gasteiger charge is 2.35. The van der Waals surface area contributed by atoms with Gasteiger partial charge in [0.05, 0.1) is 13.2 Å². The number of carboxylic acid groups (broad SMARTS) is 1. The molecule has 0 spiro atoms. The molecule has 1 fully saturated rings. The number of hydrogen-bond donors (Lipinski definition) is 1.